The molecule has 0 aromatic carbocycles. The largest absolute Gasteiger partial charge is 0.0623 e. The highest BCUT2D eigenvalue weighted by molar-refractivity contribution is 5.23. The van der Waals surface area contributed by atoms with Gasteiger partial charge in [0, 0.05) is 0 Å². The zero-order chi connectivity index (χ0) is 11.3. The molecule has 1 aliphatic carbocycles. The summed E-state index contributed by atoms with van der Waals surface area (Å²) in [7, 11) is 0. The number of rotatable bonds is 0. The first-order valence-electron chi connectivity index (χ1n) is 5.33. The van der Waals surface area contributed by atoms with E-state index in [0.717, 1.165) is 0 Å². The fourth-order valence-electron chi connectivity index (χ4n) is 1.03. The first-order valence-corrected chi connectivity index (χ1v) is 5.33. The van der Waals surface area contributed by atoms with Gasteiger partial charge in [-0.25, -0.2) is 0 Å². The summed E-state index contributed by atoms with van der Waals surface area (Å²) in [6, 6.07) is 0. The van der Waals surface area contributed by atoms with E-state index in [9.17, 15) is 0 Å². The summed E-state index contributed by atoms with van der Waals surface area (Å²) in [6.07, 6.45) is 32.0. The van der Waals surface area contributed by atoms with Gasteiger partial charge in [0.1, 0.15) is 0 Å². The Bertz CT molecular complexity index is 242. The molecule has 16 heavy (non-hydrogen) atoms. The van der Waals surface area contributed by atoms with Gasteiger partial charge in [0.05, 0.1) is 0 Å². The third kappa shape index (κ3) is 7.34. The molecule has 0 unspecified atom stereocenters. The van der Waals surface area contributed by atoms with Crippen LogP contribution in [0.4, 0.5) is 0 Å². The fraction of sp³-hybridized carbons (Fsp3) is 0. The number of allylic oxidation sites excluding steroid dienone is 16. The van der Waals surface area contributed by atoms with Crippen LogP contribution in [-0.4, -0.2) is 0 Å². The van der Waals surface area contributed by atoms with E-state index in [2.05, 4.69) is 0 Å². The highest BCUT2D eigenvalue weighted by atomic mass is 13.7. The third-order valence-corrected chi connectivity index (χ3v) is 1.78. The van der Waals surface area contributed by atoms with Crippen LogP contribution in [0.2, 0.25) is 0 Å². The molecule has 0 heterocycles. The van der Waals surface area contributed by atoms with Crippen LogP contribution in [0.25, 0.3) is 0 Å². The SMILES string of the molecule is C1=CC=C\C=C/C=C/C=C/C=C/C=C\C=C1. The molecule has 0 saturated heterocycles. The Morgan fingerprint density at radius 2 is 0.188 bits per heavy atom. The molecule has 0 radical (unpaired) electrons. The van der Waals surface area contributed by atoms with E-state index in [4.69, 9.17) is 0 Å². The topological polar surface area (TPSA) is 0 Å². The molecule has 0 N–H and O–H groups in total. The van der Waals surface area contributed by atoms with E-state index in [1.54, 1.807) is 0 Å². The summed E-state index contributed by atoms with van der Waals surface area (Å²) in [6.45, 7) is 0. The average Bonchev–Trinajstić information content (AvgIpc) is 2.29. The Balaban J connectivity index is 2.67. The maximum atomic E-state index is 2.00. The van der Waals surface area contributed by atoms with Crippen molar-refractivity contribution in [3.63, 3.8) is 0 Å². The van der Waals surface area contributed by atoms with Crippen molar-refractivity contribution in [1.29, 1.82) is 0 Å². The van der Waals surface area contributed by atoms with E-state index < -0.39 is 0 Å². The smallest absolute Gasteiger partial charge is 0.0623 e. The van der Waals surface area contributed by atoms with Crippen molar-refractivity contribution in [3.8, 4) is 0 Å². The minimum atomic E-state index is 2.00. The Kier molecular flexibility index (Phi) is 7.10. The molecule has 80 valence electrons. The van der Waals surface area contributed by atoms with E-state index >= 15 is 0 Å². The molecule has 0 aromatic rings. The molecular weight excluding hydrogens is 192 g/mol. The molecule has 0 bridgehead atoms. The van der Waals surface area contributed by atoms with Crippen molar-refractivity contribution in [2.45, 2.75) is 0 Å². The first-order chi connectivity index (χ1) is 8.00. The van der Waals surface area contributed by atoms with E-state index in [-0.39, 0.29) is 0 Å². The molecule has 0 atom stereocenters. The highest BCUT2D eigenvalue weighted by Crippen LogP contribution is 1.88. The van der Waals surface area contributed by atoms with Crippen molar-refractivity contribution >= 4 is 0 Å². The zero-order valence-corrected chi connectivity index (χ0v) is 9.24. The van der Waals surface area contributed by atoms with Crippen molar-refractivity contribution in [2.75, 3.05) is 0 Å². The van der Waals surface area contributed by atoms with Crippen molar-refractivity contribution in [3.05, 3.63) is 97.2 Å². The van der Waals surface area contributed by atoms with Crippen LogP contribution in [-0.2, 0) is 0 Å². The second-order valence-electron chi connectivity index (χ2n) is 3.08. The van der Waals surface area contributed by atoms with Gasteiger partial charge >= 0.3 is 0 Å². The van der Waals surface area contributed by atoms with E-state index in [0.29, 0.717) is 0 Å². The van der Waals surface area contributed by atoms with Crippen LogP contribution in [0.3, 0.4) is 0 Å². The van der Waals surface area contributed by atoms with Crippen LogP contribution in [0, 0.1) is 0 Å². The third-order valence-electron chi connectivity index (χ3n) is 1.78. The minimum absolute atomic E-state index is 2.00. The summed E-state index contributed by atoms with van der Waals surface area (Å²) in [4.78, 5) is 0. The van der Waals surface area contributed by atoms with Crippen LogP contribution in [0.5, 0.6) is 0 Å². The molecule has 1 rings (SSSR count). The Morgan fingerprint density at radius 1 is 0.125 bits per heavy atom. The molecule has 0 spiro atoms. The maximum absolute atomic E-state index is 2.00. The zero-order valence-electron chi connectivity index (χ0n) is 9.24. The normalized spacial score (nSPS) is 26.0. The number of hydrogen-bond donors (Lipinski definition) is 0. The van der Waals surface area contributed by atoms with Gasteiger partial charge in [-0.3, -0.25) is 0 Å². The lowest BCUT2D eigenvalue weighted by Gasteiger charge is -1.77. The molecule has 1 aliphatic rings. The second-order valence-corrected chi connectivity index (χ2v) is 3.08. The summed E-state index contributed by atoms with van der Waals surface area (Å²) in [5.74, 6) is 0. The van der Waals surface area contributed by atoms with Crippen LogP contribution >= 0.6 is 0 Å². The molecular formula is C16H16. The lowest BCUT2D eigenvalue weighted by atomic mass is 10.3. The molecule has 0 saturated carbocycles. The Labute approximate surface area is 97.7 Å². The average molecular weight is 208 g/mol. The van der Waals surface area contributed by atoms with Crippen molar-refractivity contribution in [2.24, 2.45) is 0 Å². The van der Waals surface area contributed by atoms with Gasteiger partial charge in [0.25, 0.3) is 0 Å². The lowest BCUT2D eigenvalue weighted by Crippen LogP contribution is -1.55. The van der Waals surface area contributed by atoms with Crippen molar-refractivity contribution < 1.29 is 0 Å². The monoisotopic (exact) mass is 208 g/mol. The van der Waals surface area contributed by atoms with Gasteiger partial charge in [-0.2, -0.15) is 0 Å². The van der Waals surface area contributed by atoms with Gasteiger partial charge < -0.3 is 0 Å². The van der Waals surface area contributed by atoms with Crippen LogP contribution in [0.1, 0.15) is 0 Å². The van der Waals surface area contributed by atoms with Gasteiger partial charge in [-0.05, 0) is 0 Å². The highest BCUT2D eigenvalue weighted by Gasteiger charge is 1.66. The first kappa shape index (κ1) is 12.0. The quantitative estimate of drug-likeness (QED) is 0.551. The standard InChI is InChI=1S/C16H16/c1-2-4-6-8-10-12-14-16-15-13-11-9-7-5-3-1/h1-16H/b2-1-,3-1?,4-2?,5-3+,6-4?,7-5?,8-6?,9-7+,10-8?,11-9?,12-10?,13-11+,14-12?,15-13?,16-14?,16-15-. The maximum Gasteiger partial charge on any atom is -0.0623 e. The van der Waals surface area contributed by atoms with Gasteiger partial charge in [-0.1, -0.05) is 97.2 Å². The predicted molar refractivity (Wildman–Crippen MR) is 73.1 cm³/mol. The summed E-state index contributed by atoms with van der Waals surface area (Å²) < 4.78 is 0. The van der Waals surface area contributed by atoms with E-state index in [1.807, 2.05) is 97.2 Å². The summed E-state index contributed by atoms with van der Waals surface area (Å²) in [5, 5.41) is 0. The summed E-state index contributed by atoms with van der Waals surface area (Å²) in [5.41, 5.74) is 0. The number of hydrogen-bond acceptors (Lipinski definition) is 0. The van der Waals surface area contributed by atoms with Gasteiger partial charge in [-0.15, -0.1) is 0 Å². The summed E-state index contributed by atoms with van der Waals surface area (Å²) >= 11 is 0. The molecule has 0 aliphatic heterocycles. The Hall–Kier alpha value is -2.08. The molecule has 0 amide bonds. The van der Waals surface area contributed by atoms with Gasteiger partial charge in [0.2, 0.25) is 0 Å². The van der Waals surface area contributed by atoms with Crippen LogP contribution < -0.4 is 0 Å². The Morgan fingerprint density at radius 3 is 0.250 bits per heavy atom. The van der Waals surface area contributed by atoms with Gasteiger partial charge in [0.15, 0.2) is 0 Å². The fourth-order valence-corrected chi connectivity index (χ4v) is 1.03. The predicted octanol–water partition coefficient (Wildman–Crippen LogP) is 4.45. The van der Waals surface area contributed by atoms with Crippen LogP contribution in [0.15, 0.2) is 97.2 Å². The second kappa shape index (κ2) is 9.47. The molecule has 0 heteroatoms. The minimum Gasteiger partial charge on any atom is -0.0623 e. The molecule has 0 nitrogen and oxygen atoms in total. The molecule has 0 fully saturated rings. The van der Waals surface area contributed by atoms with Crippen molar-refractivity contribution in [1.82, 2.24) is 0 Å². The lowest BCUT2D eigenvalue weighted by molar-refractivity contribution is 1.81. The molecule has 0 aromatic heterocycles. The van der Waals surface area contributed by atoms with E-state index in [1.165, 1.54) is 0 Å².